The molecule has 1 saturated carbocycles. The van der Waals surface area contributed by atoms with Gasteiger partial charge >= 0.3 is 0 Å². The minimum atomic E-state index is -0.293. The molecule has 1 aromatic rings. The number of hydrogen-bond acceptors (Lipinski definition) is 3. The number of piperazine rings is 1. The van der Waals surface area contributed by atoms with Crippen LogP contribution in [0.2, 0.25) is 5.02 Å². The second-order valence-corrected chi connectivity index (χ2v) is 7.28. The number of carbonyl (C=O) groups excluding carboxylic acids is 1. The first kappa shape index (κ1) is 16.7. The average Bonchev–Trinajstić information content (AvgIpc) is 3.35. The normalized spacial score (nSPS) is 21.1. The second kappa shape index (κ2) is 7.20. The van der Waals surface area contributed by atoms with Gasteiger partial charge in [-0.1, -0.05) is 23.7 Å². The summed E-state index contributed by atoms with van der Waals surface area (Å²) >= 11 is 5.94. The van der Waals surface area contributed by atoms with Crippen molar-refractivity contribution in [3.8, 4) is 0 Å². The van der Waals surface area contributed by atoms with Crippen LogP contribution in [0.3, 0.4) is 0 Å². The number of amides is 1. The molecule has 1 aliphatic carbocycles. The average molecular weight is 336 g/mol. The third-order valence-corrected chi connectivity index (χ3v) is 5.37. The highest BCUT2D eigenvalue weighted by molar-refractivity contribution is 6.30. The zero-order chi connectivity index (χ0) is 16.3. The fraction of sp³-hybridized carbons (Fsp3) is 0.611. The van der Waals surface area contributed by atoms with Crippen LogP contribution in [-0.2, 0) is 10.2 Å². The molecule has 23 heavy (non-hydrogen) atoms. The molecule has 0 unspecified atom stereocenters. The zero-order valence-electron chi connectivity index (χ0n) is 13.9. The highest BCUT2D eigenvalue weighted by atomic mass is 35.5. The molecule has 1 heterocycles. The Morgan fingerprint density at radius 1 is 1.17 bits per heavy atom. The number of benzene rings is 1. The largest absolute Gasteiger partial charge is 0.355 e. The maximum atomic E-state index is 12.5. The molecule has 1 N–H and O–H groups in total. The van der Waals surface area contributed by atoms with Gasteiger partial charge < -0.3 is 15.1 Å². The van der Waals surface area contributed by atoms with Gasteiger partial charge in [0.05, 0.1) is 5.41 Å². The Bertz CT molecular complexity index is 534. The monoisotopic (exact) mass is 335 g/mol. The van der Waals surface area contributed by atoms with Crippen molar-refractivity contribution in [1.29, 1.82) is 0 Å². The van der Waals surface area contributed by atoms with E-state index in [2.05, 4.69) is 22.2 Å². The van der Waals surface area contributed by atoms with Crippen LogP contribution in [0.15, 0.2) is 24.3 Å². The minimum absolute atomic E-state index is 0.179. The molecular weight excluding hydrogens is 310 g/mol. The first-order valence-corrected chi connectivity index (χ1v) is 8.93. The van der Waals surface area contributed by atoms with Crippen LogP contribution >= 0.6 is 11.6 Å². The summed E-state index contributed by atoms with van der Waals surface area (Å²) in [6.45, 7) is 6.40. The van der Waals surface area contributed by atoms with Crippen molar-refractivity contribution in [2.45, 2.75) is 24.7 Å². The van der Waals surface area contributed by atoms with Crippen LogP contribution in [-0.4, -0.2) is 62.0 Å². The highest BCUT2D eigenvalue weighted by Crippen LogP contribution is 2.48. The summed E-state index contributed by atoms with van der Waals surface area (Å²) in [4.78, 5) is 17.4. The summed E-state index contributed by atoms with van der Waals surface area (Å²) in [5.74, 6) is 0.179. The number of nitrogens with one attached hydrogen (secondary N) is 1. The number of halogens is 1. The lowest BCUT2D eigenvalue weighted by atomic mass is 9.95. The van der Waals surface area contributed by atoms with Crippen molar-refractivity contribution in [1.82, 2.24) is 15.1 Å². The van der Waals surface area contributed by atoms with E-state index in [0.717, 1.165) is 69.1 Å². The van der Waals surface area contributed by atoms with E-state index in [-0.39, 0.29) is 11.3 Å². The minimum Gasteiger partial charge on any atom is -0.355 e. The van der Waals surface area contributed by atoms with Crippen molar-refractivity contribution >= 4 is 17.5 Å². The Balaban J connectivity index is 1.42. The van der Waals surface area contributed by atoms with Gasteiger partial charge in [0, 0.05) is 37.7 Å². The second-order valence-electron chi connectivity index (χ2n) is 6.84. The van der Waals surface area contributed by atoms with Gasteiger partial charge in [0.25, 0.3) is 0 Å². The summed E-state index contributed by atoms with van der Waals surface area (Å²) in [5.41, 5.74) is 0.803. The van der Waals surface area contributed by atoms with Gasteiger partial charge in [-0.25, -0.2) is 0 Å². The van der Waals surface area contributed by atoms with Gasteiger partial charge in [-0.05, 0) is 50.6 Å². The highest BCUT2D eigenvalue weighted by Gasteiger charge is 2.50. The summed E-state index contributed by atoms with van der Waals surface area (Å²) in [6.07, 6.45) is 2.91. The van der Waals surface area contributed by atoms with E-state index in [1.54, 1.807) is 0 Å². The number of likely N-dealkylation sites (N-methyl/N-ethyl adjacent to an activating group) is 1. The molecule has 3 rings (SSSR count). The zero-order valence-corrected chi connectivity index (χ0v) is 14.6. The summed E-state index contributed by atoms with van der Waals surface area (Å²) in [6, 6.07) is 7.72. The molecule has 0 radical (unpaired) electrons. The predicted molar refractivity (Wildman–Crippen MR) is 93.9 cm³/mol. The van der Waals surface area contributed by atoms with Crippen LogP contribution in [0.25, 0.3) is 0 Å². The molecule has 4 nitrogen and oxygen atoms in total. The molecule has 1 aliphatic heterocycles. The fourth-order valence-corrected chi connectivity index (χ4v) is 3.41. The Morgan fingerprint density at radius 3 is 2.43 bits per heavy atom. The lowest BCUT2D eigenvalue weighted by molar-refractivity contribution is -0.123. The molecule has 0 spiro atoms. The Morgan fingerprint density at radius 2 is 1.83 bits per heavy atom. The van der Waals surface area contributed by atoms with E-state index >= 15 is 0 Å². The van der Waals surface area contributed by atoms with Gasteiger partial charge in [-0.2, -0.15) is 0 Å². The van der Waals surface area contributed by atoms with Crippen LogP contribution in [0.4, 0.5) is 0 Å². The summed E-state index contributed by atoms with van der Waals surface area (Å²) in [5, 5.41) is 3.86. The van der Waals surface area contributed by atoms with E-state index in [4.69, 9.17) is 11.6 Å². The van der Waals surface area contributed by atoms with Gasteiger partial charge in [0.2, 0.25) is 5.91 Å². The topological polar surface area (TPSA) is 35.6 Å². The Kier molecular flexibility index (Phi) is 5.24. The van der Waals surface area contributed by atoms with E-state index in [1.165, 1.54) is 0 Å². The maximum Gasteiger partial charge on any atom is 0.230 e. The smallest absolute Gasteiger partial charge is 0.230 e. The summed E-state index contributed by atoms with van der Waals surface area (Å²) in [7, 11) is 2.17. The van der Waals surface area contributed by atoms with Gasteiger partial charge in [0.15, 0.2) is 0 Å². The third-order valence-electron chi connectivity index (χ3n) is 5.11. The Labute approximate surface area is 143 Å². The fourth-order valence-electron chi connectivity index (χ4n) is 3.29. The first-order valence-electron chi connectivity index (χ1n) is 8.55. The molecule has 126 valence electrons. The number of hydrogen-bond donors (Lipinski definition) is 1. The third kappa shape index (κ3) is 4.06. The molecule has 1 aromatic carbocycles. The first-order chi connectivity index (χ1) is 11.1. The SMILES string of the molecule is CN1CCN(CCCNC(=O)C2(c3ccc(Cl)cc3)CC2)CC1. The number of carbonyl (C=O) groups is 1. The van der Waals surface area contributed by atoms with Gasteiger partial charge in [0.1, 0.15) is 0 Å². The quantitative estimate of drug-likeness (QED) is 0.809. The molecule has 0 aromatic heterocycles. The molecule has 0 bridgehead atoms. The maximum absolute atomic E-state index is 12.5. The molecule has 1 amide bonds. The van der Waals surface area contributed by atoms with Crippen molar-refractivity contribution < 1.29 is 4.79 Å². The molecule has 2 aliphatic rings. The predicted octanol–water partition coefficient (Wildman–Crippen LogP) is 2.13. The number of nitrogens with zero attached hydrogens (tertiary/aromatic N) is 2. The Hall–Kier alpha value is -1.10. The van der Waals surface area contributed by atoms with E-state index < -0.39 is 0 Å². The summed E-state index contributed by atoms with van der Waals surface area (Å²) < 4.78 is 0. The van der Waals surface area contributed by atoms with Crippen molar-refractivity contribution in [2.75, 3.05) is 46.3 Å². The standard InChI is InChI=1S/C18H26ClN3O/c1-21-11-13-22(14-12-21)10-2-9-20-17(23)18(7-8-18)15-3-5-16(19)6-4-15/h3-6H,2,7-14H2,1H3,(H,20,23). The van der Waals surface area contributed by atoms with Crippen molar-refractivity contribution in [3.05, 3.63) is 34.9 Å². The van der Waals surface area contributed by atoms with E-state index in [1.807, 2.05) is 24.3 Å². The molecular formula is C18H26ClN3O. The van der Waals surface area contributed by atoms with Gasteiger partial charge in [-0.15, -0.1) is 0 Å². The van der Waals surface area contributed by atoms with E-state index in [9.17, 15) is 4.79 Å². The van der Waals surface area contributed by atoms with E-state index in [0.29, 0.717) is 0 Å². The molecule has 0 atom stereocenters. The van der Waals surface area contributed by atoms with Crippen LogP contribution in [0.5, 0.6) is 0 Å². The lowest BCUT2D eigenvalue weighted by Crippen LogP contribution is -2.45. The molecule has 1 saturated heterocycles. The van der Waals surface area contributed by atoms with Crippen molar-refractivity contribution in [2.24, 2.45) is 0 Å². The van der Waals surface area contributed by atoms with Crippen molar-refractivity contribution in [3.63, 3.8) is 0 Å². The lowest BCUT2D eigenvalue weighted by Gasteiger charge is -2.32. The number of rotatable bonds is 6. The molecule has 5 heteroatoms. The van der Waals surface area contributed by atoms with Gasteiger partial charge in [-0.3, -0.25) is 4.79 Å². The van der Waals surface area contributed by atoms with Crippen LogP contribution in [0.1, 0.15) is 24.8 Å². The van der Waals surface area contributed by atoms with Crippen LogP contribution in [0, 0.1) is 0 Å². The van der Waals surface area contributed by atoms with Crippen LogP contribution < -0.4 is 5.32 Å². The molecule has 2 fully saturated rings.